The first-order valence-corrected chi connectivity index (χ1v) is 12.0. The van der Waals surface area contributed by atoms with E-state index in [0.29, 0.717) is 27.1 Å². The number of carboxylic acid groups (broad SMARTS) is 1. The van der Waals surface area contributed by atoms with Gasteiger partial charge in [-0.15, -0.1) is 0 Å². The van der Waals surface area contributed by atoms with Crippen molar-refractivity contribution in [2.24, 2.45) is 0 Å². The number of amides is 2. The van der Waals surface area contributed by atoms with E-state index in [1.807, 2.05) is 26.0 Å². The summed E-state index contributed by atoms with van der Waals surface area (Å²) in [6.45, 7) is 3.94. The SMILES string of the molecule is Cc1ccc([C@H](CC(=O)O)NC(=O)Nc2c(O)c3ccccc3n(Cc3ccccc3Cl)c2=O)cc1C. The molecule has 9 heteroatoms. The zero-order chi connectivity index (χ0) is 26.7. The second-order valence-corrected chi connectivity index (χ2v) is 9.22. The summed E-state index contributed by atoms with van der Waals surface area (Å²) in [5, 5.41) is 26.2. The van der Waals surface area contributed by atoms with Gasteiger partial charge in [-0.05, 0) is 54.3 Å². The predicted octanol–water partition coefficient (Wildman–Crippen LogP) is 5.36. The molecule has 0 spiro atoms. The summed E-state index contributed by atoms with van der Waals surface area (Å²) in [7, 11) is 0. The van der Waals surface area contributed by atoms with Crippen LogP contribution in [0.15, 0.2) is 71.5 Å². The molecule has 0 aliphatic rings. The lowest BCUT2D eigenvalue weighted by atomic mass is 9.99. The molecule has 1 atom stereocenters. The minimum Gasteiger partial charge on any atom is -0.505 e. The van der Waals surface area contributed by atoms with E-state index >= 15 is 0 Å². The van der Waals surface area contributed by atoms with Crippen molar-refractivity contribution in [1.82, 2.24) is 9.88 Å². The Morgan fingerprint density at radius 3 is 2.41 bits per heavy atom. The van der Waals surface area contributed by atoms with Crippen LogP contribution in [0.3, 0.4) is 0 Å². The number of hydrogen-bond acceptors (Lipinski definition) is 4. The van der Waals surface area contributed by atoms with Gasteiger partial charge in [0.1, 0.15) is 0 Å². The second kappa shape index (κ2) is 10.8. The molecular formula is C28H26ClN3O5. The van der Waals surface area contributed by atoms with Gasteiger partial charge in [0.05, 0.1) is 24.5 Å². The molecule has 2 amide bonds. The number of carbonyl (C=O) groups excluding carboxylic acids is 1. The number of aromatic nitrogens is 1. The summed E-state index contributed by atoms with van der Waals surface area (Å²) < 4.78 is 1.42. The highest BCUT2D eigenvalue weighted by molar-refractivity contribution is 6.31. The van der Waals surface area contributed by atoms with Crippen molar-refractivity contribution >= 4 is 40.2 Å². The third-order valence-electron chi connectivity index (χ3n) is 6.29. The molecule has 8 nitrogen and oxygen atoms in total. The number of anilines is 1. The Kier molecular flexibility index (Phi) is 7.50. The zero-order valence-electron chi connectivity index (χ0n) is 20.3. The number of carbonyl (C=O) groups is 2. The summed E-state index contributed by atoms with van der Waals surface area (Å²) in [5.41, 5.74) is 2.79. The standard InChI is InChI=1S/C28H26ClN3O5/c1-16-11-12-18(13-17(16)2)22(14-24(33)34)30-28(37)31-25-26(35)20-8-4-6-10-23(20)32(27(25)36)15-19-7-3-5-9-21(19)29/h3-13,22,35H,14-15H2,1-2H3,(H,33,34)(H2,30,31,37)/t22-/m0/s1. The first-order valence-electron chi connectivity index (χ1n) is 11.6. The van der Waals surface area contributed by atoms with Gasteiger partial charge >= 0.3 is 12.0 Å². The molecule has 0 bridgehead atoms. The summed E-state index contributed by atoms with van der Waals surface area (Å²) in [6, 6.07) is 17.6. The fourth-order valence-electron chi connectivity index (χ4n) is 4.17. The Hall–Kier alpha value is -4.30. The van der Waals surface area contributed by atoms with Crippen molar-refractivity contribution in [2.75, 3.05) is 5.32 Å². The van der Waals surface area contributed by atoms with E-state index in [1.54, 1.807) is 54.6 Å². The van der Waals surface area contributed by atoms with Crippen LogP contribution in [0.4, 0.5) is 10.5 Å². The fraction of sp³-hybridized carbons (Fsp3) is 0.179. The first kappa shape index (κ1) is 25.8. The van der Waals surface area contributed by atoms with Crippen LogP contribution in [-0.4, -0.2) is 26.8 Å². The van der Waals surface area contributed by atoms with E-state index in [0.717, 1.165) is 11.1 Å². The zero-order valence-corrected chi connectivity index (χ0v) is 21.0. The Labute approximate surface area is 218 Å². The molecule has 37 heavy (non-hydrogen) atoms. The monoisotopic (exact) mass is 519 g/mol. The smallest absolute Gasteiger partial charge is 0.319 e. The number of nitrogens with zero attached hydrogens (tertiary/aromatic N) is 1. The van der Waals surface area contributed by atoms with Gasteiger partial charge in [0.25, 0.3) is 5.56 Å². The van der Waals surface area contributed by atoms with Gasteiger partial charge in [-0.25, -0.2) is 4.79 Å². The molecule has 0 saturated heterocycles. The van der Waals surface area contributed by atoms with E-state index in [-0.39, 0.29) is 24.4 Å². The van der Waals surface area contributed by atoms with Crippen molar-refractivity contribution in [3.05, 3.63) is 104 Å². The second-order valence-electron chi connectivity index (χ2n) is 8.82. The molecule has 0 fully saturated rings. The van der Waals surface area contributed by atoms with Crippen LogP contribution in [-0.2, 0) is 11.3 Å². The number of hydrogen-bond donors (Lipinski definition) is 4. The lowest BCUT2D eigenvalue weighted by molar-refractivity contribution is -0.137. The number of halogens is 1. The summed E-state index contributed by atoms with van der Waals surface area (Å²) in [5.74, 6) is -1.48. The number of benzene rings is 3. The molecule has 190 valence electrons. The van der Waals surface area contributed by atoms with Crippen molar-refractivity contribution in [3.8, 4) is 5.75 Å². The Morgan fingerprint density at radius 1 is 1.00 bits per heavy atom. The molecule has 0 aliphatic heterocycles. The minimum atomic E-state index is -1.10. The highest BCUT2D eigenvalue weighted by atomic mass is 35.5. The van der Waals surface area contributed by atoms with E-state index in [1.165, 1.54) is 4.57 Å². The Balaban J connectivity index is 1.71. The largest absolute Gasteiger partial charge is 0.505 e. The van der Waals surface area contributed by atoms with Gasteiger partial charge in [-0.2, -0.15) is 0 Å². The van der Waals surface area contributed by atoms with Crippen molar-refractivity contribution in [2.45, 2.75) is 32.9 Å². The van der Waals surface area contributed by atoms with Crippen LogP contribution in [0, 0.1) is 13.8 Å². The number of para-hydroxylation sites is 1. The normalized spacial score (nSPS) is 11.8. The van der Waals surface area contributed by atoms with Crippen LogP contribution >= 0.6 is 11.6 Å². The first-order chi connectivity index (χ1) is 17.7. The molecule has 1 aromatic heterocycles. The van der Waals surface area contributed by atoms with Crippen LogP contribution in [0.5, 0.6) is 5.75 Å². The van der Waals surface area contributed by atoms with E-state index in [4.69, 9.17) is 11.6 Å². The molecule has 4 aromatic rings. The topological polar surface area (TPSA) is 121 Å². The molecule has 0 saturated carbocycles. The average molecular weight is 520 g/mol. The van der Waals surface area contributed by atoms with E-state index in [2.05, 4.69) is 10.6 Å². The lowest BCUT2D eigenvalue weighted by Gasteiger charge is -2.20. The minimum absolute atomic E-state index is 0.111. The number of aliphatic carboxylic acids is 1. The molecule has 1 heterocycles. The van der Waals surface area contributed by atoms with Crippen LogP contribution in [0.1, 0.15) is 34.7 Å². The predicted molar refractivity (Wildman–Crippen MR) is 143 cm³/mol. The van der Waals surface area contributed by atoms with Gasteiger partial charge in [0.15, 0.2) is 11.4 Å². The van der Waals surface area contributed by atoms with Gasteiger partial charge in [0.2, 0.25) is 0 Å². The molecule has 4 N–H and O–H groups in total. The number of aryl methyl sites for hydroxylation is 2. The third-order valence-corrected chi connectivity index (χ3v) is 6.66. The van der Waals surface area contributed by atoms with Crippen LogP contribution in [0.25, 0.3) is 10.9 Å². The van der Waals surface area contributed by atoms with Gasteiger partial charge in [-0.3, -0.25) is 9.59 Å². The summed E-state index contributed by atoms with van der Waals surface area (Å²) in [4.78, 5) is 38.0. The van der Waals surface area contributed by atoms with Crippen LogP contribution in [0.2, 0.25) is 5.02 Å². The maximum Gasteiger partial charge on any atom is 0.319 e. The Bertz CT molecular complexity index is 1560. The highest BCUT2D eigenvalue weighted by Gasteiger charge is 2.22. The number of pyridine rings is 1. The number of urea groups is 1. The average Bonchev–Trinajstić information content (AvgIpc) is 2.86. The van der Waals surface area contributed by atoms with E-state index < -0.39 is 23.6 Å². The number of aromatic hydroxyl groups is 1. The molecule has 0 aliphatic carbocycles. The van der Waals surface area contributed by atoms with Crippen molar-refractivity contribution in [1.29, 1.82) is 0 Å². The summed E-state index contributed by atoms with van der Waals surface area (Å²) >= 11 is 6.32. The quantitative estimate of drug-likeness (QED) is 0.262. The molecule has 3 aromatic carbocycles. The van der Waals surface area contributed by atoms with Crippen LogP contribution < -0.4 is 16.2 Å². The van der Waals surface area contributed by atoms with Gasteiger partial charge < -0.3 is 25.4 Å². The number of fused-ring (bicyclic) bond motifs is 1. The molecule has 0 unspecified atom stereocenters. The lowest BCUT2D eigenvalue weighted by Crippen LogP contribution is -2.36. The molecular weight excluding hydrogens is 494 g/mol. The Morgan fingerprint density at radius 2 is 1.70 bits per heavy atom. The van der Waals surface area contributed by atoms with Crippen molar-refractivity contribution < 1.29 is 19.8 Å². The third kappa shape index (κ3) is 5.59. The highest BCUT2D eigenvalue weighted by Crippen LogP contribution is 2.31. The number of rotatable bonds is 7. The van der Waals surface area contributed by atoms with Gasteiger partial charge in [0, 0.05) is 10.4 Å². The number of carboxylic acids is 1. The summed E-state index contributed by atoms with van der Waals surface area (Å²) in [6.07, 6.45) is -0.365. The fourth-order valence-corrected chi connectivity index (χ4v) is 4.37. The van der Waals surface area contributed by atoms with E-state index in [9.17, 15) is 24.6 Å². The maximum absolute atomic E-state index is 13.5. The van der Waals surface area contributed by atoms with Crippen molar-refractivity contribution in [3.63, 3.8) is 0 Å². The molecule has 0 radical (unpaired) electrons. The maximum atomic E-state index is 13.5. The number of nitrogens with one attached hydrogen (secondary N) is 2. The molecule has 4 rings (SSSR count). The van der Waals surface area contributed by atoms with Gasteiger partial charge in [-0.1, -0.05) is 60.1 Å².